The van der Waals surface area contributed by atoms with Crippen LogP contribution in [0.2, 0.25) is 0 Å². The van der Waals surface area contributed by atoms with E-state index in [1.165, 1.54) is 12.1 Å². The molecule has 0 bridgehead atoms. The van der Waals surface area contributed by atoms with E-state index < -0.39 is 10.1 Å². The van der Waals surface area contributed by atoms with Gasteiger partial charge in [-0.2, -0.15) is 8.42 Å². The van der Waals surface area contributed by atoms with Crippen LogP contribution in [0.15, 0.2) is 41.3 Å². The number of anilines is 1. The molecule has 2 aromatic rings. The first-order valence-electron chi connectivity index (χ1n) is 5.28. The van der Waals surface area contributed by atoms with E-state index in [1.807, 2.05) is 22.6 Å². The molecule has 0 spiro atoms. The van der Waals surface area contributed by atoms with Crippen LogP contribution in [0.4, 0.5) is 5.69 Å². The van der Waals surface area contributed by atoms with E-state index in [0.717, 1.165) is 0 Å². The average molecular weight is 391 g/mol. The Labute approximate surface area is 123 Å². The van der Waals surface area contributed by atoms with Gasteiger partial charge in [-0.15, -0.1) is 0 Å². The van der Waals surface area contributed by atoms with Crippen molar-refractivity contribution in [3.63, 3.8) is 0 Å². The first kappa shape index (κ1) is 14.2. The smallest absolute Gasteiger partial charge is 0.295 e. The van der Waals surface area contributed by atoms with E-state index in [1.54, 1.807) is 24.3 Å². The van der Waals surface area contributed by atoms with Crippen molar-refractivity contribution in [2.24, 2.45) is 0 Å². The molecule has 0 saturated carbocycles. The van der Waals surface area contributed by atoms with Crippen molar-refractivity contribution >= 4 is 55.1 Å². The summed E-state index contributed by atoms with van der Waals surface area (Å²) in [6.07, 6.45) is 0. The quantitative estimate of drug-likeness (QED) is 0.479. The summed E-state index contributed by atoms with van der Waals surface area (Å²) in [5, 5.41) is 3.63. The number of hydrogen-bond donors (Lipinski definition) is 2. The summed E-state index contributed by atoms with van der Waals surface area (Å²) in [6.45, 7) is 0. The minimum absolute atomic E-state index is 0.171. The topological polar surface area (TPSA) is 83.5 Å². The maximum absolute atomic E-state index is 11.4. The van der Waals surface area contributed by atoms with Gasteiger partial charge in [0.1, 0.15) is 4.90 Å². The summed E-state index contributed by atoms with van der Waals surface area (Å²) in [6, 6.07) is 9.41. The van der Waals surface area contributed by atoms with Crippen molar-refractivity contribution in [2.45, 2.75) is 4.90 Å². The Morgan fingerprint density at radius 3 is 2.42 bits per heavy atom. The zero-order chi connectivity index (χ0) is 14.0. The van der Waals surface area contributed by atoms with Gasteiger partial charge < -0.3 is 5.32 Å². The molecule has 2 aromatic carbocycles. The SMILES string of the molecule is O=C(CI)Nc1cccc2c(S(=O)(=O)O)cccc12. The molecule has 0 atom stereocenters. The number of rotatable bonds is 3. The zero-order valence-electron chi connectivity index (χ0n) is 9.63. The lowest BCUT2D eigenvalue weighted by atomic mass is 10.1. The number of halogens is 1. The van der Waals surface area contributed by atoms with Crippen LogP contribution in [0.25, 0.3) is 10.8 Å². The number of carbonyl (C=O) groups excluding carboxylic acids is 1. The highest BCUT2D eigenvalue weighted by atomic mass is 127. The molecule has 0 saturated heterocycles. The number of amides is 1. The third kappa shape index (κ3) is 3.04. The van der Waals surface area contributed by atoms with E-state index in [-0.39, 0.29) is 10.8 Å². The molecule has 0 aliphatic carbocycles. The van der Waals surface area contributed by atoms with Crippen molar-refractivity contribution in [1.82, 2.24) is 0 Å². The van der Waals surface area contributed by atoms with E-state index in [9.17, 15) is 17.8 Å². The van der Waals surface area contributed by atoms with Gasteiger partial charge in [-0.05, 0) is 12.1 Å². The molecular weight excluding hydrogens is 381 g/mol. The number of benzene rings is 2. The molecule has 0 aliphatic rings. The first-order chi connectivity index (χ1) is 8.93. The van der Waals surface area contributed by atoms with Gasteiger partial charge in [0.05, 0.1) is 4.43 Å². The minimum Gasteiger partial charge on any atom is -0.325 e. The molecule has 1 amide bonds. The van der Waals surface area contributed by atoms with Crippen LogP contribution in [0, 0.1) is 0 Å². The van der Waals surface area contributed by atoms with Gasteiger partial charge in [0.15, 0.2) is 0 Å². The second-order valence-electron chi connectivity index (χ2n) is 3.81. The lowest BCUT2D eigenvalue weighted by molar-refractivity contribution is -0.113. The maximum atomic E-state index is 11.4. The fourth-order valence-corrected chi connectivity index (χ4v) is 2.70. The molecule has 19 heavy (non-hydrogen) atoms. The molecule has 0 radical (unpaired) electrons. The standard InChI is InChI=1S/C12H10INO4S/c13-7-12(15)14-10-5-1-4-9-8(10)3-2-6-11(9)19(16,17)18/h1-6H,7H2,(H,14,15)(H,16,17,18). The van der Waals surface area contributed by atoms with Crippen molar-refractivity contribution in [2.75, 3.05) is 9.74 Å². The summed E-state index contributed by atoms with van der Waals surface area (Å²) in [7, 11) is -4.29. The maximum Gasteiger partial charge on any atom is 0.295 e. The fraction of sp³-hybridized carbons (Fsp3) is 0.0833. The van der Waals surface area contributed by atoms with Gasteiger partial charge in [0.2, 0.25) is 5.91 Å². The van der Waals surface area contributed by atoms with Gasteiger partial charge in [-0.1, -0.05) is 46.9 Å². The highest BCUT2D eigenvalue weighted by Gasteiger charge is 2.15. The number of hydrogen-bond acceptors (Lipinski definition) is 3. The summed E-state index contributed by atoms with van der Waals surface area (Å²) in [5.74, 6) is -0.176. The Balaban J connectivity index is 2.68. The van der Waals surface area contributed by atoms with Gasteiger partial charge in [-0.25, -0.2) is 0 Å². The predicted molar refractivity (Wildman–Crippen MR) is 81.3 cm³/mol. The van der Waals surface area contributed by atoms with Crippen LogP contribution in [0.5, 0.6) is 0 Å². The number of alkyl halides is 1. The molecule has 0 aromatic heterocycles. The van der Waals surface area contributed by atoms with Crippen molar-refractivity contribution < 1.29 is 17.8 Å². The monoisotopic (exact) mass is 391 g/mol. The number of fused-ring (bicyclic) bond motifs is 1. The van der Waals surface area contributed by atoms with Gasteiger partial charge >= 0.3 is 0 Å². The highest BCUT2D eigenvalue weighted by molar-refractivity contribution is 14.1. The summed E-state index contributed by atoms with van der Waals surface area (Å²) in [5.41, 5.74) is 0.518. The molecule has 0 heterocycles. The van der Waals surface area contributed by atoms with E-state index in [0.29, 0.717) is 20.9 Å². The van der Waals surface area contributed by atoms with Gasteiger partial charge in [-0.3, -0.25) is 9.35 Å². The molecule has 2 rings (SSSR count). The summed E-state index contributed by atoms with van der Waals surface area (Å²) < 4.78 is 32.1. The Morgan fingerprint density at radius 2 is 1.79 bits per heavy atom. The number of carbonyl (C=O) groups is 1. The highest BCUT2D eigenvalue weighted by Crippen LogP contribution is 2.28. The van der Waals surface area contributed by atoms with Crippen molar-refractivity contribution in [3.8, 4) is 0 Å². The predicted octanol–water partition coefficient (Wildman–Crippen LogP) is 2.46. The Morgan fingerprint density at radius 1 is 1.16 bits per heavy atom. The molecule has 0 fully saturated rings. The first-order valence-corrected chi connectivity index (χ1v) is 8.25. The summed E-state index contributed by atoms with van der Waals surface area (Å²) >= 11 is 1.94. The molecule has 5 nitrogen and oxygen atoms in total. The molecule has 0 unspecified atom stereocenters. The van der Waals surface area contributed by atoms with Crippen LogP contribution in [-0.4, -0.2) is 23.3 Å². The van der Waals surface area contributed by atoms with E-state index >= 15 is 0 Å². The summed E-state index contributed by atoms with van der Waals surface area (Å²) in [4.78, 5) is 11.2. The van der Waals surface area contributed by atoms with Crippen LogP contribution in [0.1, 0.15) is 0 Å². The average Bonchev–Trinajstić information content (AvgIpc) is 2.37. The van der Waals surface area contributed by atoms with Gasteiger partial charge in [0.25, 0.3) is 10.1 Å². The fourth-order valence-electron chi connectivity index (χ4n) is 1.80. The Bertz CT molecular complexity index is 742. The van der Waals surface area contributed by atoms with Crippen molar-refractivity contribution in [1.29, 1.82) is 0 Å². The lowest BCUT2D eigenvalue weighted by Gasteiger charge is -2.09. The second kappa shape index (κ2) is 5.43. The van der Waals surface area contributed by atoms with Crippen LogP contribution in [0.3, 0.4) is 0 Å². The third-order valence-electron chi connectivity index (χ3n) is 2.56. The molecule has 100 valence electrons. The lowest BCUT2D eigenvalue weighted by Crippen LogP contribution is -2.12. The Kier molecular flexibility index (Phi) is 4.07. The van der Waals surface area contributed by atoms with Crippen LogP contribution >= 0.6 is 22.6 Å². The molecule has 2 N–H and O–H groups in total. The van der Waals surface area contributed by atoms with Gasteiger partial charge in [0, 0.05) is 16.5 Å². The zero-order valence-corrected chi connectivity index (χ0v) is 12.6. The van der Waals surface area contributed by atoms with Crippen molar-refractivity contribution in [3.05, 3.63) is 36.4 Å². The van der Waals surface area contributed by atoms with Crippen LogP contribution in [-0.2, 0) is 14.9 Å². The van der Waals surface area contributed by atoms with E-state index in [4.69, 9.17) is 0 Å². The molecule has 0 aliphatic heterocycles. The molecular formula is C12H10INO4S. The van der Waals surface area contributed by atoms with E-state index in [2.05, 4.69) is 5.32 Å². The normalized spacial score (nSPS) is 11.5. The largest absolute Gasteiger partial charge is 0.325 e. The van der Waals surface area contributed by atoms with Crippen LogP contribution < -0.4 is 5.32 Å². The Hall–Kier alpha value is -1.19. The second-order valence-corrected chi connectivity index (χ2v) is 5.97. The molecule has 7 heteroatoms. The number of nitrogens with one attached hydrogen (secondary N) is 1. The third-order valence-corrected chi connectivity index (χ3v) is 4.16. The minimum atomic E-state index is -4.29.